The summed E-state index contributed by atoms with van der Waals surface area (Å²) in [7, 11) is 0. The zero-order valence-corrected chi connectivity index (χ0v) is 22.0. The molecule has 2 aliphatic carbocycles. The third-order valence-corrected chi connectivity index (χ3v) is 7.84. The van der Waals surface area contributed by atoms with Crippen molar-refractivity contribution in [2.24, 2.45) is 11.8 Å². The van der Waals surface area contributed by atoms with Gasteiger partial charge in [-0.25, -0.2) is 0 Å². The van der Waals surface area contributed by atoms with Crippen molar-refractivity contribution >= 4 is 35.1 Å². The molecule has 1 saturated heterocycles. The van der Waals surface area contributed by atoms with Gasteiger partial charge in [0.05, 0.1) is 23.8 Å². The van der Waals surface area contributed by atoms with Crippen molar-refractivity contribution < 1.29 is 24.3 Å². The van der Waals surface area contributed by atoms with Crippen LogP contribution in [0.25, 0.3) is 0 Å². The molecule has 1 unspecified atom stereocenters. The van der Waals surface area contributed by atoms with E-state index in [1.807, 2.05) is 11.0 Å². The minimum absolute atomic E-state index is 0.0309. The van der Waals surface area contributed by atoms with Crippen molar-refractivity contribution in [2.75, 3.05) is 36.4 Å². The van der Waals surface area contributed by atoms with E-state index in [1.165, 1.54) is 6.20 Å². The van der Waals surface area contributed by atoms with Crippen molar-refractivity contribution in [1.29, 1.82) is 0 Å². The lowest BCUT2D eigenvalue weighted by molar-refractivity contribution is -0.137. The Morgan fingerprint density at radius 3 is 2.46 bits per heavy atom. The van der Waals surface area contributed by atoms with Crippen LogP contribution in [0.15, 0.2) is 42.7 Å². The average Bonchev–Trinajstić information content (AvgIpc) is 3.75. The topological polar surface area (TPSA) is 132 Å². The minimum atomic E-state index is -1.04. The molecule has 3 amide bonds. The lowest BCUT2D eigenvalue weighted by atomic mass is 9.85. The van der Waals surface area contributed by atoms with E-state index in [0.29, 0.717) is 29.9 Å². The maximum Gasteiger partial charge on any atom is 0.305 e. The number of carboxylic acids is 1. The van der Waals surface area contributed by atoms with Crippen LogP contribution in [0.3, 0.4) is 0 Å². The Labute approximate surface area is 227 Å². The number of amides is 3. The summed E-state index contributed by atoms with van der Waals surface area (Å²) in [5.74, 6) is -1.14. The summed E-state index contributed by atoms with van der Waals surface area (Å²) < 4.78 is 0. The van der Waals surface area contributed by atoms with Gasteiger partial charge in [0, 0.05) is 56.0 Å². The first-order valence-corrected chi connectivity index (χ1v) is 13.8. The first-order valence-electron chi connectivity index (χ1n) is 13.8. The highest BCUT2D eigenvalue weighted by atomic mass is 16.4. The number of carboxylic acid groups (broad SMARTS) is 1. The van der Waals surface area contributed by atoms with Gasteiger partial charge >= 0.3 is 5.97 Å². The lowest BCUT2D eigenvalue weighted by Gasteiger charge is -2.29. The molecule has 206 valence electrons. The molecule has 3 fully saturated rings. The lowest BCUT2D eigenvalue weighted by Crippen LogP contribution is -2.36. The van der Waals surface area contributed by atoms with Crippen LogP contribution in [0.5, 0.6) is 0 Å². The Morgan fingerprint density at radius 1 is 0.974 bits per heavy atom. The average molecular weight is 534 g/mol. The molecule has 3 N–H and O–H groups in total. The highest BCUT2D eigenvalue weighted by Crippen LogP contribution is 2.34. The van der Waals surface area contributed by atoms with Crippen LogP contribution in [0.2, 0.25) is 0 Å². The summed E-state index contributed by atoms with van der Waals surface area (Å²) in [5.41, 5.74) is 2.28. The van der Waals surface area contributed by atoms with Crippen molar-refractivity contribution in [2.45, 2.75) is 51.0 Å². The summed E-state index contributed by atoms with van der Waals surface area (Å²) >= 11 is 0. The van der Waals surface area contributed by atoms with Crippen LogP contribution in [-0.4, -0.2) is 64.9 Å². The van der Waals surface area contributed by atoms with Crippen molar-refractivity contribution in [3.05, 3.63) is 53.9 Å². The number of hydrogen-bond acceptors (Lipinski definition) is 6. The minimum Gasteiger partial charge on any atom is -0.481 e. The molecule has 1 aliphatic heterocycles. The second-order valence-electron chi connectivity index (χ2n) is 10.7. The standard InChI is InChI=1S/C29H35N5O5/c35-26(36)17-23(22-6-2-11-30-18-22)31-28(38)21-9-10-25(24(16-21)32-27(37)19-4-1-5-19)33-12-3-13-34(15-14-33)29(39)20-7-8-20/h2,6,9-11,16,18-20,23H,1,3-5,7-8,12-15,17H2,(H,31,38)(H,32,37)(H,35,36). The molecule has 0 radical (unpaired) electrons. The monoisotopic (exact) mass is 533 g/mol. The molecule has 2 saturated carbocycles. The molecule has 0 bridgehead atoms. The quantitative estimate of drug-likeness (QED) is 0.451. The van der Waals surface area contributed by atoms with Crippen LogP contribution in [0.4, 0.5) is 11.4 Å². The number of anilines is 2. The van der Waals surface area contributed by atoms with Crippen LogP contribution < -0.4 is 15.5 Å². The Kier molecular flexibility index (Phi) is 8.09. The van der Waals surface area contributed by atoms with Gasteiger partial charge < -0.3 is 25.5 Å². The molecule has 0 spiro atoms. The maximum atomic E-state index is 13.3. The summed E-state index contributed by atoms with van der Waals surface area (Å²) in [6, 6.07) is 7.87. The number of carbonyl (C=O) groups excluding carboxylic acids is 3. The van der Waals surface area contributed by atoms with Crippen molar-refractivity contribution in [3.8, 4) is 0 Å². The van der Waals surface area contributed by atoms with Crippen molar-refractivity contribution in [1.82, 2.24) is 15.2 Å². The summed E-state index contributed by atoms with van der Waals surface area (Å²) in [4.78, 5) is 58.5. The van der Waals surface area contributed by atoms with Gasteiger partial charge in [-0.2, -0.15) is 0 Å². The van der Waals surface area contributed by atoms with Gasteiger partial charge in [0.1, 0.15) is 0 Å². The third-order valence-electron chi connectivity index (χ3n) is 7.84. The Morgan fingerprint density at radius 2 is 1.79 bits per heavy atom. The molecular weight excluding hydrogens is 498 g/mol. The maximum absolute atomic E-state index is 13.3. The predicted octanol–water partition coefficient (Wildman–Crippen LogP) is 3.21. The van der Waals surface area contributed by atoms with Gasteiger partial charge in [-0.1, -0.05) is 12.5 Å². The predicted molar refractivity (Wildman–Crippen MR) is 145 cm³/mol. The van der Waals surface area contributed by atoms with Gasteiger partial charge in [0.15, 0.2) is 0 Å². The molecule has 39 heavy (non-hydrogen) atoms. The molecule has 2 aromatic rings. The van der Waals surface area contributed by atoms with Gasteiger partial charge in [-0.15, -0.1) is 0 Å². The fraction of sp³-hybridized carbons (Fsp3) is 0.483. The number of aliphatic carboxylic acids is 1. The third kappa shape index (κ3) is 6.55. The number of rotatable bonds is 9. The Balaban J connectivity index is 1.36. The van der Waals surface area contributed by atoms with Crippen LogP contribution >= 0.6 is 0 Å². The van der Waals surface area contributed by atoms with E-state index in [2.05, 4.69) is 20.5 Å². The second kappa shape index (κ2) is 11.8. The molecule has 5 rings (SSSR count). The molecule has 10 heteroatoms. The number of hydrogen-bond donors (Lipinski definition) is 3. The SMILES string of the molecule is O=C(O)CC(NC(=O)c1ccc(N2CCCN(C(=O)C3CC3)CC2)c(NC(=O)C2CCC2)c1)c1cccnc1. The Hall–Kier alpha value is -3.95. The highest BCUT2D eigenvalue weighted by molar-refractivity contribution is 6.01. The number of nitrogens with one attached hydrogen (secondary N) is 2. The smallest absolute Gasteiger partial charge is 0.305 e. The van der Waals surface area contributed by atoms with Gasteiger partial charge in [0.25, 0.3) is 5.91 Å². The molecule has 10 nitrogen and oxygen atoms in total. The van der Waals surface area contributed by atoms with Gasteiger partial charge in [-0.05, 0) is 61.9 Å². The fourth-order valence-corrected chi connectivity index (χ4v) is 5.18. The second-order valence-corrected chi connectivity index (χ2v) is 10.7. The van der Waals surface area contributed by atoms with E-state index in [1.54, 1.807) is 30.5 Å². The fourth-order valence-electron chi connectivity index (χ4n) is 5.18. The molecule has 1 atom stereocenters. The molecule has 2 heterocycles. The summed E-state index contributed by atoms with van der Waals surface area (Å²) in [6.07, 6.45) is 8.35. The number of carbonyl (C=O) groups is 4. The van der Waals surface area contributed by atoms with E-state index in [9.17, 15) is 24.3 Å². The normalized spacial score (nSPS) is 18.5. The zero-order valence-electron chi connectivity index (χ0n) is 22.0. The number of benzene rings is 1. The zero-order chi connectivity index (χ0) is 27.4. The van der Waals surface area contributed by atoms with E-state index in [4.69, 9.17) is 0 Å². The van der Waals surface area contributed by atoms with Crippen LogP contribution in [0.1, 0.15) is 66.9 Å². The molecular formula is C29H35N5O5. The van der Waals surface area contributed by atoms with Gasteiger partial charge in [-0.3, -0.25) is 24.2 Å². The largest absolute Gasteiger partial charge is 0.481 e. The van der Waals surface area contributed by atoms with Gasteiger partial charge in [0.2, 0.25) is 11.8 Å². The van der Waals surface area contributed by atoms with E-state index < -0.39 is 17.9 Å². The summed E-state index contributed by atoms with van der Waals surface area (Å²) in [5, 5.41) is 15.3. The number of aromatic nitrogens is 1. The Bertz CT molecular complexity index is 1230. The van der Waals surface area contributed by atoms with Crippen LogP contribution in [0, 0.1) is 11.8 Å². The first-order chi connectivity index (χ1) is 18.9. The van der Waals surface area contributed by atoms with Crippen LogP contribution in [-0.2, 0) is 14.4 Å². The first kappa shape index (κ1) is 26.6. The number of pyridine rings is 1. The molecule has 3 aliphatic rings. The van der Waals surface area contributed by atoms with E-state index in [-0.39, 0.29) is 30.1 Å². The van der Waals surface area contributed by atoms with Crippen molar-refractivity contribution in [3.63, 3.8) is 0 Å². The van der Waals surface area contributed by atoms with E-state index >= 15 is 0 Å². The number of nitrogens with zero attached hydrogens (tertiary/aromatic N) is 3. The molecule has 1 aromatic heterocycles. The highest BCUT2D eigenvalue weighted by Gasteiger charge is 2.34. The summed E-state index contributed by atoms with van der Waals surface area (Å²) in [6.45, 7) is 2.71. The molecule has 1 aromatic carbocycles. The van der Waals surface area contributed by atoms with E-state index in [0.717, 1.165) is 57.3 Å².